The Morgan fingerprint density at radius 2 is 1.72 bits per heavy atom. The minimum Gasteiger partial charge on any atom is -0.495 e. The third kappa shape index (κ3) is 4.01. The predicted octanol–water partition coefficient (Wildman–Crippen LogP) is 4.07. The average Bonchev–Trinajstić information content (AvgIpc) is 2.75. The minimum atomic E-state index is -4.20. The van der Waals surface area contributed by atoms with Gasteiger partial charge >= 0.3 is 0 Å². The second kappa shape index (κ2) is 9.13. The molecule has 0 atom stereocenters. The number of methoxy groups -OCH3 is 3. The predicted molar refractivity (Wildman–Crippen MR) is 125 cm³/mol. The summed E-state index contributed by atoms with van der Waals surface area (Å²) in [5.74, 6) is 0.407. The van der Waals surface area contributed by atoms with Crippen molar-refractivity contribution in [2.75, 3.05) is 37.5 Å². The third-order valence-electron chi connectivity index (χ3n) is 4.97. The molecule has 0 aliphatic carbocycles. The number of carbonyl (C=O) groups is 1. The molecule has 32 heavy (non-hydrogen) atoms. The number of nitrogens with zero attached hydrogens (tertiary/aromatic N) is 1. The van der Waals surface area contributed by atoms with Crippen LogP contribution in [0.5, 0.6) is 17.2 Å². The van der Waals surface area contributed by atoms with Crippen molar-refractivity contribution in [2.24, 2.45) is 0 Å². The zero-order chi connectivity index (χ0) is 23.6. The second-order valence-corrected chi connectivity index (χ2v) is 9.01. The van der Waals surface area contributed by atoms with Crippen LogP contribution in [0.2, 0.25) is 5.02 Å². The summed E-state index contributed by atoms with van der Waals surface area (Å²) in [6.07, 6.45) is 1.44. The van der Waals surface area contributed by atoms with Gasteiger partial charge < -0.3 is 19.5 Å². The molecule has 1 amide bonds. The number of sulfonamides is 1. The highest BCUT2D eigenvalue weighted by Crippen LogP contribution is 2.45. The van der Waals surface area contributed by atoms with E-state index in [0.29, 0.717) is 34.2 Å². The van der Waals surface area contributed by atoms with Gasteiger partial charge in [0.25, 0.3) is 15.9 Å². The summed E-state index contributed by atoms with van der Waals surface area (Å²) < 4.78 is 43.8. The van der Waals surface area contributed by atoms with E-state index in [1.54, 1.807) is 31.2 Å². The maximum Gasteiger partial charge on any atom is 0.270 e. The van der Waals surface area contributed by atoms with Crippen molar-refractivity contribution >= 4 is 44.5 Å². The van der Waals surface area contributed by atoms with Crippen molar-refractivity contribution in [1.29, 1.82) is 0 Å². The molecule has 10 heteroatoms. The number of carbonyl (C=O) groups excluding carboxylic acids is 1. The summed E-state index contributed by atoms with van der Waals surface area (Å²) >= 11 is 6.13. The van der Waals surface area contributed by atoms with Gasteiger partial charge in [-0.25, -0.2) is 8.42 Å². The highest BCUT2D eigenvalue weighted by Gasteiger charge is 2.40. The topological polar surface area (TPSA) is 94.2 Å². The van der Waals surface area contributed by atoms with Crippen LogP contribution < -0.4 is 23.8 Å². The highest BCUT2D eigenvalue weighted by molar-refractivity contribution is 7.97. The van der Waals surface area contributed by atoms with Gasteiger partial charge in [-0.15, -0.1) is 6.58 Å². The van der Waals surface area contributed by atoms with Gasteiger partial charge in [0, 0.05) is 17.3 Å². The van der Waals surface area contributed by atoms with Crippen LogP contribution in [0, 0.1) is 0 Å². The molecule has 0 aromatic heterocycles. The van der Waals surface area contributed by atoms with Crippen molar-refractivity contribution in [2.45, 2.75) is 6.92 Å². The fourth-order valence-electron chi connectivity index (χ4n) is 3.46. The molecule has 0 bridgehead atoms. The first-order valence-electron chi connectivity index (χ1n) is 9.45. The number of halogens is 1. The molecule has 8 nitrogen and oxygen atoms in total. The fourth-order valence-corrected chi connectivity index (χ4v) is 5.44. The Kier molecular flexibility index (Phi) is 6.71. The smallest absolute Gasteiger partial charge is 0.270 e. The van der Waals surface area contributed by atoms with Gasteiger partial charge in [0.05, 0.1) is 38.6 Å². The Balaban J connectivity index is 2.16. The van der Waals surface area contributed by atoms with E-state index < -0.39 is 15.9 Å². The molecule has 0 saturated heterocycles. The number of ether oxygens (including phenoxy) is 3. The largest absolute Gasteiger partial charge is 0.495 e. The monoisotopic (exact) mass is 478 g/mol. The first-order valence-corrected chi connectivity index (χ1v) is 11.3. The molecular weight excluding hydrogens is 456 g/mol. The molecule has 0 unspecified atom stereocenters. The van der Waals surface area contributed by atoms with Crippen LogP contribution in [0.3, 0.4) is 0 Å². The van der Waals surface area contributed by atoms with Crippen LogP contribution in [0.1, 0.15) is 12.5 Å². The first kappa shape index (κ1) is 23.5. The summed E-state index contributed by atoms with van der Waals surface area (Å²) in [6, 6.07) is 7.83. The van der Waals surface area contributed by atoms with Gasteiger partial charge in [0.15, 0.2) is 16.4 Å². The first-order chi connectivity index (χ1) is 15.2. The van der Waals surface area contributed by atoms with Gasteiger partial charge in [-0.2, -0.15) is 0 Å². The maximum atomic E-state index is 13.5. The summed E-state index contributed by atoms with van der Waals surface area (Å²) in [7, 11) is 0.206. The molecule has 1 N–H and O–H groups in total. The summed E-state index contributed by atoms with van der Waals surface area (Å²) in [5, 5.41) is 2.89. The van der Waals surface area contributed by atoms with Crippen LogP contribution >= 0.6 is 11.6 Å². The number of amides is 1. The zero-order valence-corrected chi connectivity index (χ0v) is 19.6. The summed E-state index contributed by atoms with van der Waals surface area (Å²) in [5.41, 5.74) is 1.49. The van der Waals surface area contributed by atoms with Gasteiger partial charge in [-0.05, 0) is 36.8 Å². The molecule has 1 heterocycles. The number of hydrogen-bond acceptors (Lipinski definition) is 6. The van der Waals surface area contributed by atoms with Gasteiger partial charge in [0.2, 0.25) is 0 Å². The maximum absolute atomic E-state index is 13.5. The fraction of sp³-hybridized carbons (Fsp3) is 0.227. The Bertz CT molecular complexity index is 1220. The SMILES string of the molecule is C=CCN1c2cc(OC)c(OC)cc2C(C)=C(C(=O)Nc2ccc(OC)c(Cl)c2)S1(=O)=O. The Morgan fingerprint density at radius 1 is 1.09 bits per heavy atom. The van der Waals surface area contributed by atoms with Crippen molar-refractivity contribution in [3.8, 4) is 17.2 Å². The number of hydrogen-bond donors (Lipinski definition) is 1. The number of anilines is 2. The van der Waals surface area contributed by atoms with E-state index in [2.05, 4.69) is 11.9 Å². The second-order valence-electron chi connectivity index (χ2n) is 6.81. The summed E-state index contributed by atoms with van der Waals surface area (Å²) in [6.45, 7) is 5.18. The van der Waals surface area contributed by atoms with E-state index in [-0.39, 0.29) is 22.0 Å². The molecule has 0 radical (unpaired) electrons. The molecule has 170 valence electrons. The zero-order valence-electron chi connectivity index (χ0n) is 18.1. The normalized spacial score (nSPS) is 14.5. The van der Waals surface area contributed by atoms with E-state index in [9.17, 15) is 13.2 Å². The van der Waals surface area contributed by atoms with E-state index >= 15 is 0 Å². The lowest BCUT2D eigenvalue weighted by Gasteiger charge is -2.32. The lowest BCUT2D eigenvalue weighted by atomic mass is 10.0. The molecule has 2 aromatic carbocycles. The highest BCUT2D eigenvalue weighted by atomic mass is 35.5. The van der Waals surface area contributed by atoms with E-state index in [4.69, 9.17) is 25.8 Å². The van der Waals surface area contributed by atoms with Crippen molar-refractivity contribution in [1.82, 2.24) is 0 Å². The minimum absolute atomic E-state index is 0.0385. The Labute approximate surface area is 192 Å². The molecule has 0 spiro atoms. The van der Waals surface area contributed by atoms with E-state index in [0.717, 1.165) is 4.31 Å². The molecular formula is C22H23ClN2O6S. The molecule has 2 aromatic rings. The van der Waals surface area contributed by atoms with Crippen LogP contribution in [-0.2, 0) is 14.8 Å². The van der Waals surface area contributed by atoms with E-state index in [1.807, 2.05) is 0 Å². The van der Waals surface area contributed by atoms with E-state index in [1.165, 1.54) is 33.5 Å². The lowest BCUT2D eigenvalue weighted by molar-refractivity contribution is -0.112. The van der Waals surface area contributed by atoms with Crippen LogP contribution in [0.15, 0.2) is 47.9 Å². The lowest BCUT2D eigenvalue weighted by Crippen LogP contribution is -2.39. The van der Waals surface area contributed by atoms with Crippen LogP contribution in [-0.4, -0.2) is 42.2 Å². The molecule has 1 aliphatic rings. The number of benzene rings is 2. The third-order valence-corrected chi connectivity index (χ3v) is 7.20. The van der Waals surface area contributed by atoms with Crippen molar-refractivity contribution in [3.05, 3.63) is 58.5 Å². The van der Waals surface area contributed by atoms with Gasteiger partial charge in [-0.1, -0.05) is 17.7 Å². The van der Waals surface area contributed by atoms with Crippen LogP contribution in [0.25, 0.3) is 5.57 Å². The number of allylic oxidation sites excluding steroid dienone is 1. The Hall–Kier alpha value is -3.17. The molecule has 1 aliphatic heterocycles. The number of nitrogens with one attached hydrogen (secondary N) is 1. The Morgan fingerprint density at radius 3 is 2.28 bits per heavy atom. The van der Waals surface area contributed by atoms with Gasteiger partial charge in [0.1, 0.15) is 5.75 Å². The van der Waals surface area contributed by atoms with Crippen LogP contribution in [0.4, 0.5) is 11.4 Å². The summed E-state index contributed by atoms with van der Waals surface area (Å²) in [4.78, 5) is 12.8. The number of fused-ring (bicyclic) bond motifs is 1. The number of rotatable bonds is 7. The van der Waals surface area contributed by atoms with Crippen molar-refractivity contribution < 1.29 is 27.4 Å². The van der Waals surface area contributed by atoms with Gasteiger partial charge in [-0.3, -0.25) is 9.10 Å². The molecule has 3 rings (SSSR count). The molecule has 0 fully saturated rings. The average molecular weight is 479 g/mol. The molecule has 0 saturated carbocycles. The van der Waals surface area contributed by atoms with Crippen molar-refractivity contribution in [3.63, 3.8) is 0 Å². The standard InChI is InChI=1S/C22H23ClN2O6S/c1-6-9-25-17-12-20(31-5)19(30-4)11-15(17)13(2)21(32(25,27)28)22(26)24-14-7-8-18(29-3)16(23)10-14/h6-8,10-12H,1,9H2,2-5H3,(H,24,26). The quantitative estimate of drug-likeness (QED) is 0.603.